The first kappa shape index (κ1) is 15.7. The lowest BCUT2D eigenvalue weighted by molar-refractivity contribution is 0.601. The third-order valence-electron chi connectivity index (χ3n) is 3.02. The summed E-state index contributed by atoms with van der Waals surface area (Å²) in [7, 11) is 0. The van der Waals surface area contributed by atoms with Crippen molar-refractivity contribution < 1.29 is 4.39 Å². The van der Waals surface area contributed by atoms with E-state index in [0.29, 0.717) is 0 Å². The van der Waals surface area contributed by atoms with Crippen molar-refractivity contribution in [3.05, 3.63) is 67.9 Å². The molecule has 0 bridgehead atoms. The molecule has 0 fully saturated rings. The van der Waals surface area contributed by atoms with E-state index in [2.05, 4.69) is 49.3 Å². The Bertz CT molecular complexity index is 521. The molecule has 0 aromatic heterocycles. The first-order valence-corrected chi connectivity index (χ1v) is 8.04. The van der Waals surface area contributed by atoms with Crippen LogP contribution in [0.25, 0.3) is 0 Å². The molecule has 0 amide bonds. The minimum Gasteiger partial charge on any atom is -0.307 e. The van der Waals surface area contributed by atoms with Crippen LogP contribution < -0.4 is 5.32 Å². The highest BCUT2D eigenvalue weighted by atomic mass is 79.9. The third kappa shape index (κ3) is 3.90. The van der Waals surface area contributed by atoms with Gasteiger partial charge in [0.2, 0.25) is 0 Å². The molecule has 0 radical (unpaired) electrons. The van der Waals surface area contributed by atoms with Gasteiger partial charge in [0, 0.05) is 8.95 Å². The summed E-state index contributed by atoms with van der Waals surface area (Å²) in [5.41, 5.74) is 2.96. The minimum absolute atomic E-state index is 0.0248. The Kier molecular flexibility index (Phi) is 5.35. The summed E-state index contributed by atoms with van der Waals surface area (Å²) in [6.07, 6.45) is 0. The van der Waals surface area contributed by atoms with Crippen molar-refractivity contribution in [2.75, 3.05) is 6.54 Å². The molecule has 0 aliphatic heterocycles. The predicted octanol–water partition coefficient (Wildman–Crippen LogP) is 5.36. The maximum absolute atomic E-state index is 13.7. The Morgan fingerprint density at radius 2 is 1.60 bits per heavy atom. The van der Waals surface area contributed by atoms with Gasteiger partial charge < -0.3 is 5.32 Å². The van der Waals surface area contributed by atoms with E-state index in [4.69, 9.17) is 0 Å². The highest BCUT2D eigenvalue weighted by Gasteiger charge is 2.15. The number of rotatable bonds is 4. The molecule has 0 saturated carbocycles. The second-order valence-corrected chi connectivity index (χ2v) is 6.59. The van der Waals surface area contributed by atoms with Gasteiger partial charge in [-0.1, -0.05) is 44.8 Å². The molecule has 2 rings (SSSR count). The zero-order valence-electron chi connectivity index (χ0n) is 11.4. The molecule has 1 unspecified atom stereocenters. The van der Waals surface area contributed by atoms with E-state index in [9.17, 15) is 4.39 Å². The van der Waals surface area contributed by atoms with Crippen LogP contribution in [0.4, 0.5) is 4.39 Å². The fourth-order valence-corrected chi connectivity index (χ4v) is 3.63. The monoisotopic (exact) mass is 399 g/mol. The van der Waals surface area contributed by atoms with Crippen molar-refractivity contribution in [3.8, 4) is 0 Å². The molecule has 0 aliphatic rings. The molecule has 2 aromatic rings. The van der Waals surface area contributed by atoms with Crippen molar-refractivity contribution in [2.24, 2.45) is 0 Å². The first-order valence-electron chi connectivity index (χ1n) is 6.46. The van der Waals surface area contributed by atoms with Crippen molar-refractivity contribution in [1.82, 2.24) is 5.32 Å². The number of hydrogen-bond acceptors (Lipinski definition) is 1. The summed E-state index contributed by atoms with van der Waals surface area (Å²) in [5.74, 6) is -0.197. The Balaban J connectivity index is 2.49. The summed E-state index contributed by atoms with van der Waals surface area (Å²) in [4.78, 5) is 0. The average molecular weight is 401 g/mol. The van der Waals surface area contributed by atoms with Gasteiger partial charge in [0.25, 0.3) is 0 Å². The number of nitrogens with one attached hydrogen (secondary N) is 1. The molecule has 20 heavy (non-hydrogen) atoms. The van der Waals surface area contributed by atoms with Gasteiger partial charge in [0.15, 0.2) is 0 Å². The third-order valence-corrected chi connectivity index (χ3v) is 3.94. The largest absolute Gasteiger partial charge is 0.307 e. The highest BCUT2D eigenvalue weighted by Crippen LogP contribution is 2.29. The molecule has 1 nitrogen and oxygen atoms in total. The number of halogens is 3. The maximum Gasteiger partial charge on any atom is 0.123 e. The van der Waals surface area contributed by atoms with Crippen LogP contribution in [0.2, 0.25) is 0 Å². The Labute approximate surface area is 135 Å². The lowest BCUT2D eigenvalue weighted by Crippen LogP contribution is -2.22. The molecule has 106 valence electrons. The fraction of sp³-hybridized carbons (Fsp3) is 0.250. The van der Waals surface area contributed by atoms with Crippen LogP contribution in [-0.4, -0.2) is 6.54 Å². The molecule has 0 aliphatic carbocycles. The standard InChI is InChI=1S/C16H16Br2FN/c1-3-20-16(11-4-10(2)5-15(19)8-11)12-6-13(17)9-14(18)7-12/h4-9,16,20H,3H2,1-2H3. The molecule has 2 aromatic carbocycles. The number of aryl methyl sites for hydroxylation is 1. The SMILES string of the molecule is CCNC(c1cc(C)cc(F)c1)c1cc(Br)cc(Br)c1. The van der Waals surface area contributed by atoms with Crippen LogP contribution in [0.5, 0.6) is 0 Å². The van der Waals surface area contributed by atoms with Crippen molar-refractivity contribution in [3.63, 3.8) is 0 Å². The molecule has 1 atom stereocenters. The van der Waals surface area contributed by atoms with Crippen LogP contribution in [0, 0.1) is 12.7 Å². The van der Waals surface area contributed by atoms with Crippen molar-refractivity contribution in [1.29, 1.82) is 0 Å². The molecule has 0 heterocycles. The highest BCUT2D eigenvalue weighted by molar-refractivity contribution is 9.11. The van der Waals surface area contributed by atoms with Crippen LogP contribution in [0.15, 0.2) is 45.3 Å². The summed E-state index contributed by atoms with van der Waals surface area (Å²) in [6, 6.07) is 11.2. The van der Waals surface area contributed by atoms with Gasteiger partial charge in [-0.05, 0) is 60.5 Å². The molecular weight excluding hydrogens is 385 g/mol. The zero-order chi connectivity index (χ0) is 14.7. The van der Waals surface area contributed by atoms with Crippen molar-refractivity contribution >= 4 is 31.9 Å². The summed E-state index contributed by atoms with van der Waals surface area (Å²) >= 11 is 7.00. The quantitative estimate of drug-likeness (QED) is 0.728. The van der Waals surface area contributed by atoms with Gasteiger partial charge in [-0.25, -0.2) is 4.39 Å². The van der Waals surface area contributed by atoms with E-state index in [1.807, 2.05) is 26.0 Å². The molecule has 1 N–H and O–H groups in total. The lowest BCUT2D eigenvalue weighted by atomic mass is 9.97. The van der Waals surface area contributed by atoms with E-state index in [-0.39, 0.29) is 11.9 Å². The smallest absolute Gasteiger partial charge is 0.123 e. The van der Waals surface area contributed by atoms with Gasteiger partial charge >= 0.3 is 0 Å². The predicted molar refractivity (Wildman–Crippen MR) is 88.5 cm³/mol. The zero-order valence-corrected chi connectivity index (χ0v) is 14.6. The van der Waals surface area contributed by atoms with E-state index in [1.165, 1.54) is 0 Å². The van der Waals surface area contributed by atoms with Crippen LogP contribution in [0.3, 0.4) is 0 Å². The lowest BCUT2D eigenvalue weighted by Gasteiger charge is -2.20. The summed E-state index contributed by atoms with van der Waals surface area (Å²) in [6.45, 7) is 4.77. The van der Waals surface area contributed by atoms with E-state index in [0.717, 1.165) is 32.2 Å². The van der Waals surface area contributed by atoms with Crippen LogP contribution in [0.1, 0.15) is 29.7 Å². The number of hydrogen-bond donors (Lipinski definition) is 1. The van der Waals surface area contributed by atoms with E-state index >= 15 is 0 Å². The van der Waals surface area contributed by atoms with E-state index in [1.54, 1.807) is 12.1 Å². The van der Waals surface area contributed by atoms with Crippen molar-refractivity contribution in [2.45, 2.75) is 19.9 Å². The van der Waals surface area contributed by atoms with Crippen LogP contribution >= 0.6 is 31.9 Å². The normalized spacial score (nSPS) is 12.4. The van der Waals surface area contributed by atoms with Gasteiger partial charge in [-0.15, -0.1) is 0 Å². The fourth-order valence-electron chi connectivity index (χ4n) is 2.31. The summed E-state index contributed by atoms with van der Waals surface area (Å²) < 4.78 is 15.7. The van der Waals surface area contributed by atoms with E-state index < -0.39 is 0 Å². The second-order valence-electron chi connectivity index (χ2n) is 4.76. The Morgan fingerprint density at radius 1 is 1.00 bits per heavy atom. The molecular formula is C16H16Br2FN. The Hall–Kier alpha value is -0.710. The number of benzene rings is 2. The molecule has 0 spiro atoms. The maximum atomic E-state index is 13.7. The van der Waals surface area contributed by atoms with Gasteiger partial charge in [-0.3, -0.25) is 0 Å². The molecule has 0 saturated heterocycles. The average Bonchev–Trinajstić information content (AvgIpc) is 2.33. The second kappa shape index (κ2) is 6.83. The van der Waals surface area contributed by atoms with Gasteiger partial charge in [0.05, 0.1) is 6.04 Å². The summed E-state index contributed by atoms with van der Waals surface area (Å²) in [5, 5.41) is 3.42. The van der Waals surface area contributed by atoms with Crippen LogP contribution in [-0.2, 0) is 0 Å². The molecule has 4 heteroatoms. The minimum atomic E-state index is -0.197. The topological polar surface area (TPSA) is 12.0 Å². The first-order chi connectivity index (χ1) is 9.49. The Morgan fingerprint density at radius 3 is 2.15 bits per heavy atom. The van der Waals surface area contributed by atoms with Gasteiger partial charge in [0.1, 0.15) is 5.82 Å². The van der Waals surface area contributed by atoms with Gasteiger partial charge in [-0.2, -0.15) is 0 Å².